The van der Waals surface area contributed by atoms with E-state index in [1.807, 2.05) is 13.8 Å². The van der Waals surface area contributed by atoms with Gasteiger partial charge in [0, 0.05) is 29.4 Å². The first-order valence-corrected chi connectivity index (χ1v) is 7.26. The zero-order valence-corrected chi connectivity index (χ0v) is 12.9. The van der Waals surface area contributed by atoms with Crippen molar-refractivity contribution in [1.29, 1.82) is 0 Å². The van der Waals surface area contributed by atoms with Gasteiger partial charge in [-0.1, -0.05) is 25.4 Å². The van der Waals surface area contributed by atoms with Crippen molar-refractivity contribution in [3.63, 3.8) is 0 Å². The number of hydrogen-bond acceptors (Lipinski definition) is 3. The van der Waals surface area contributed by atoms with Crippen molar-refractivity contribution in [3.05, 3.63) is 69.0 Å². The Hall–Kier alpha value is -2.40. The van der Waals surface area contributed by atoms with Gasteiger partial charge in [-0.25, -0.2) is 0 Å². The van der Waals surface area contributed by atoms with Crippen LogP contribution >= 0.6 is 11.6 Å². The van der Waals surface area contributed by atoms with Crippen molar-refractivity contribution in [2.75, 3.05) is 0 Å². The summed E-state index contributed by atoms with van der Waals surface area (Å²) in [6, 6.07) is 8.34. The molecule has 0 unspecified atom stereocenters. The SMILES string of the molecule is CC(C)c1c(=O)n(-c2ccncc2)c2cc(Cl)ccc2[n+]1[O-]. The molecule has 0 atom stereocenters. The molecular weight excluding hydrogens is 302 g/mol. The topological polar surface area (TPSA) is 61.8 Å². The zero-order chi connectivity index (χ0) is 15.9. The second kappa shape index (κ2) is 5.42. The van der Waals surface area contributed by atoms with Crippen LogP contribution in [0.25, 0.3) is 16.7 Å². The molecule has 0 aliphatic carbocycles. The maximum absolute atomic E-state index is 12.8. The largest absolute Gasteiger partial charge is 0.618 e. The average molecular weight is 316 g/mol. The van der Waals surface area contributed by atoms with Crippen LogP contribution < -0.4 is 10.3 Å². The van der Waals surface area contributed by atoms with Gasteiger partial charge in [-0.2, -0.15) is 4.73 Å². The molecule has 2 heterocycles. The minimum atomic E-state index is -0.342. The van der Waals surface area contributed by atoms with Crippen molar-refractivity contribution < 1.29 is 4.73 Å². The van der Waals surface area contributed by atoms with Gasteiger partial charge < -0.3 is 5.21 Å². The van der Waals surface area contributed by atoms with E-state index in [4.69, 9.17) is 11.6 Å². The number of benzene rings is 1. The summed E-state index contributed by atoms with van der Waals surface area (Å²) in [7, 11) is 0. The molecule has 0 N–H and O–H groups in total. The monoisotopic (exact) mass is 315 g/mol. The third-order valence-corrected chi connectivity index (χ3v) is 3.74. The highest BCUT2D eigenvalue weighted by Crippen LogP contribution is 2.20. The number of halogens is 1. The lowest BCUT2D eigenvalue weighted by Crippen LogP contribution is -2.43. The van der Waals surface area contributed by atoms with Crippen molar-refractivity contribution in [1.82, 2.24) is 9.55 Å². The molecule has 0 radical (unpaired) electrons. The summed E-state index contributed by atoms with van der Waals surface area (Å²) in [5, 5.41) is 13.0. The highest BCUT2D eigenvalue weighted by Gasteiger charge is 2.24. The number of rotatable bonds is 2. The lowest BCUT2D eigenvalue weighted by Gasteiger charge is -2.15. The maximum Gasteiger partial charge on any atom is 0.324 e. The fourth-order valence-electron chi connectivity index (χ4n) is 2.52. The smallest absolute Gasteiger partial charge is 0.324 e. The molecule has 6 heteroatoms. The summed E-state index contributed by atoms with van der Waals surface area (Å²) in [6.07, 6.45) is 3.21. The highest BCUT2D eigenvalue weighted by molar-refractivity contribution is 6.31. The van der Waals surface area contributed by atoms with Gasteiger partial charge in [0.05, 0.1) is 5.69 Å². The lowest BCUT2D eigenvalue weighted by molar-refractivity contribution is -0.588. The normalized spacial score (nSPS) is 11.3. The predicted octanol–water partition coefficient (Wildman–Crippen LogP) is 2.80. The van der Waals surface area contributed by atoms with Crippen LogP contribution in [0.3, 0.4) is 0 Å². The van der Waals surface area contributed by atoms with E-state index >= 15 is 0 Å². The van der Waals surface area contributed by atoms with Crippen molar-refractivity contribution in [2.45, 2.75) is 19.8 Å². The second-order valence-electron chi connectivity index (χ2n) is 5.31. The Morgan fingerprint density at radius 3 is 2.55 bits per heavy atom. The quantitative estimate of drug-likeness (QED) is 0.539. The van der Waals surface area contributed by atoms with Gasteiger partial charge in [-0.15, -0.1) is 0 Å². The van der Waals surface area contributed by atoms with Gasteiger partial charge in [-0.05, 0) is 24.3 Å². The van der Waals surface area contributed by atoms with Crippen LogP contribution in [0.5, 0.6) is 0 Å². The molecular formula is C16H14ClN3O2. The van der Waals surface area contributed by atoms with Gasteiger partial charge >= 0.3 is 5.56 Å². The Morgan fingerprint density at radius 2 is 1.91 bits per heavy atom. The van der Waals surface area contributed by atoms with Crippen LogP contribution in [0.4, 0.5) is 0 Å². The third kappa shape index (κ3) is 2.23. The molecule has 5 nitrogen and oxygen atoms in total. The summed E-state index contributed by atoms with van der Waals surface area (Å²) >= 11 is 6.05. The van der Waals surface area contributed by atoms with Crippen molar-refractivity contribution >= 4 is 22.6 Å². The summed E-state index contributed by atoms with van der Waals surface area (Å²) in [6.45, 7) is 3.65. The van der Waals surface area contributed by atoms with E-state index in [1.54, 1.807) is 42.7 Å². The van der Waals surface area contributed by atoms with Crippen LogP contribution in [-0.2, 0) is 0 Å². The summed E-state index contributed by atoms with van der Waals surface area (Å²) in [5.41, 5.74) is 1.39. The highest BCUT2D eigenvalue weighted by atomic mass is 35.5. The summed E-state index contributed by atoms with van der Waals surface area (Å²) in [5.74, 6) is -0.196. The number of fused-ring (bicyclic) bond motifs is 1. The van der Waals surface area contributed by atoms with Gasteiger partial charge in [0.15, 0.2) is 0 Å². The number of hydrogen-bond donors (Lipinski definition) is 0. The molecule has 3 rings (SSSR count). The molecule has 22 heavy (non-hydrogen) atoms. The summed E-state index contributed by atoms with van der Waals surface area (Å²) in [4.78, 5) is 16.8. The van der Waals surface area contributed by atoms with E-state index in [9.17, 15) is 10.0 Å². The Bertz CT molecular complexity index is 905. The van der Waals surface area contributed by atoms with Crippen LogP contribution in [0.1, 0.15) is 25.5 Å². The zero-order valence-electron chi connectivity index (χ0n) is 12.2. The molecule has 0 aliphatic heterocycles. The average Bonchev–Trinajstić information content (AvgIpc) is 2.47. The molecule has 2 aromatic heterocycles. The Labute approximate surface area is 132 Å². The first-order valence-electron chi connectivity index (χ1n) is 6.89. The van der Waals surface area contributed by atoms with Gasteiger partial charge in [0.2, 0.25) is 5.52 Å². The van der Waals surface area contributed by atoms with E-state index in [-0.39, 0.29) is 17.2 Å². The molecule has 0 saturated heterocycles. The molecule has 112 valence electrons. The Morgan fingerprint density at radius 1 is 1.23 bits per heavy atom. The molecule has 0 saturated carbocycles. The number of pyridine rings is 1. The van der Waals surface area contributed by atoms with E-state index < -0.39 is 0 Å². The molecule has 0 fully saturated rings. The third-order valence-electron chi connectivity index (χ3n) is 3.51. The molecule has 1 aromatic carbocycles. The summed E-state index contributed by atoms with van der Waals surface area (Å²) < 4.78 is 2.21. The molecule has 0 bridgehead atoms. The molecule has 0 spiro atoms. The minimum absolute atomic E-state index is 0.196. The van der Waals surface area contributed by atoms with E-state index in [1.165, 1.54) is 4.57 Å². The van der Waals surface area contributed by atoms with Gasteiger partial charge in [0.1, 0.15) is 5.52 Å². The van der Waals surface area contributed by atoms with Crippen LogP contribution in [-0.4, -0.2) is 9.55 Å². The predicted molar refractivity (Wildman–Crippen MR) is 85.4 cm³/mol. The first kappa shape index (κ1) is 14.5. The molecule has 0 aliphatic rings. The fourth-order valence-corrected chi connectivity index (χ4v) is 2.69. The van der Waals surface area contributed by atoms with E-state index in [2.05, 4.69) is 4.98 Å². The van der Waals surface area contributed by atoms with Crippen molar-refractivity contribution in [2.24, 2.45) is 0 Å². The Balaban J connectivity index is 2.54. The minimum Gasteiger partial charge on any atom is -0.618 e. The first-order chi connectivity index (χ1) is 10.5. The van der Waals surface area contributed by atoms with Crippen molar-refractivity contribution in [3.8, 4) is 5.69 Å². The number of aromatic nitrogens is 3. The van der Waals surface area contributed by atoms with Crippen LogP contribution in [0.2, 0.25) is 5.02 Å². The van der Waals surface area contributed by atoms with Crippen LogP contribution in [0, 0.1) is 5.21 Å². The standard InChI is InChI=1S/C16H14ClN3O2/c1-10(2)15-16(21)19(12-5-7-18-8-6-12)14-9-11(17)3-4-13(14)20(15)22/h3-10H,1-2H3. The molecule has 0 amide bonds. The maximum atomic E-state index is 12.8. The molecule has 3 aromatic rings. The van der Waals surface area contributed by atoms with E-state index in [0.717, 1.165) is 0 Å². The second-order valence-corrected chi connectivity index (χ2v) is 5.75. The van der Waals surface area contributed by atoms with E-state index in [0.29, 0.717) is 26.5 Å². The fraction of sp³-hybridized carbons (Fsp3) is 0.188. The van der Waals surface area contributed by atoms with Crippen LogP contribution in [0.15, 0.2) is 47.5 Å². The lowest BCUT2D eigenvalue weighted by atomic mass is 10.1. The van der Waals surface area contributed by atoms with Gasteiger partial charge in [-0.3, -0.25) is 14.3 Å². The number of nitrogens with zero attached hydrogens (tertiary/aromatic N) is 3. The Kier molecular flexibility index (Phi) is 3.58. The van der Waals surface area contributed by atoms with Gasteiger partial charge in [0.25, 0.3) is 5.69 Å².